The van der Waals surface area contributed by atoms with Crippen molar-refractivity contribution in [1.29, 1.82) is 0 Å². The first kappa shape index (κ1) is 23.4. The second-order valence-electron chi connectivity index (χ2n) is 7.51. The zero-order valence-electron chi connectivity index (χ0n) is 17.3. The molecule has 1 saturated heterocycles. The number of carbonyl (C=O) groups is 1. The number of furan rings is 1. The molecule has 0 aliphatic carbocycles. The van der Waals surface area contributed by atoms with Crippen LogP contribution in [0, 0.1) is 0 Å². The summed E-state index contributed by atoms with van der Waals surface area (Å²) in [6, 6.07) is 15.2. The van der Waals surface area contributed by atoms with Gasteiger partial charge in [-0.3, -0.25) is 9.00 Å². The van der Waals surface area contributed by atoms with Crippen molar-refractivity contribution < 1.29 is 26.6 Å². The van der Waals surface area contributed by atoms with Gasteiger partial charge in [-0.25, -0.2) is 0 Å². The van der Waals surface area contributed by atoms with E-state index >= 15 is 0 Å². The lowest BCUT2D eigenvalue weighted by Crippen LogP contribution is -2.48. The molecule has 0 saturated carbocycles. The molecule has 2 heterocycles. The van der Waals surface area contributed by atoms with Gasteiger partial charge in [0, 0.05) is 31.9 Å². The van der Waals surface area contributed by atoms with E-state index in [-0.39, 0.29) is 17.4 Å². The smallest absolute Gasteiger partial charge is 0.416 e. The Labute approximate surface area is 196 Å². The van der Waals surface area contributed by atoms with Crippen molar-refractivity contribution in [1.82, 2.24) is 4.90 Å². The molecule has 0 radical (unpaired) electrons. The first-order valence-electron chi connectivity index (χ1n) is 10.2. The number of hydrogen-bond donors (Lipinski definition) is 0. The van der Waals surface area contributed by atoms with Crippen LogP contribution in [0.25, 0.3) is 0 Å². The van der Waals surface area contributed by atoms with E-state index in [1.165, 1.54) is 6.07 Å². The highest BCUT2D eigenvalue weighted by Gasteiger charge is 2.31. The van der Waals surface area contributed by atoms with Crippen molar-refractivity contribution in [2.45, 2.75) is 16.8 Å². The van der Waals surface area contributed by atoms with Gasteiger partial charge in [-0.05, 0) is 42.5 Å². The average molecular weight is 497 g/mol. The second kappa shape index (κ2) is 9.61. The van der Waals surface area contributed by atoms with Gasteiger partial charge in [-0.15, -0.1) is 0 Å². The van der Waals surface area contributed by atoms with Gasteiger partial charge in [0.25, 0.3) is 5.91 Å². The van der Waals surface area contributed by atoms with E-state index in [0.29, 0.717) is 47.5 Å². The molecule has 1 aliphatic heterocycles. The Morgan fingerprint density at radius 3 is 2.42 bits per heavy atom. The van der Waals surface area contributed by atoms with Gasteiger partial charge in [0.1, 0.15) is 5.76 Å². The summed E-state index contributed by atoms with van der Waals surface area (Å²) in [6.07, 6.45) is -4.40. The van der Waals surface area contributed by atoms with Crippen molar-refractivity contribution in [2.24, 2.45) is 0 Å². The van der Waals surface area contributed by atoms with Crippen molar-refractivity contribution in [3.63, 3.8) is 0 Å². The number of amides is 1. The lowest BCUT2D eigenvalue weighted by Gasteiger charge is -2.36. The molecule has 1 amide bonds. The molecule has 0 unspecified atom stereocenters. The van der Waals surface area contributed by atoms with Crippen LogP contribution in [0.2, 0.25) is 5.02 Å². The Bertz CT molecular complexity index is 1170. The minimum absolute atomic E-state index is 0.0837. The molecule has 3 aromatic rings. The number of halogens is 4. The minimum atomic E-state index is -4.40. The fourth-order valence-corrected chi connectivity index (χ4v) is 5.09. The molecule has 2 aromatic carbocycles. The monoisotopic (exact) mass is 496 g/mol. The number of hydrogen-bond acceptors (Lipinski definition) is 4. The largest absolute Gasteiger partial charge is 0.455 e. The van der Waals surface area contributed by atoms with E-state index in [1.807, 2.05) is 4.90 Å². The van der Waals surface area contributed by atoms with Crippen LogP contribution in [0.1, 0.15) is 21.9 Å². The van der Waals surface area contributed by atoms with Gasteiger partial charge >= 0.3 is 6.18 Å². The third-order valence-corrected chi connectivity index (χ3v) is 7.17. The van der Waals surface area contributed by atoms with Gasteiger partial charge in [-0.2, -0.15) is 13.2 Å². The summed E-state index contributed by atoms with van der Waals surface area (Å²) in [5, 5.41) is 0.400. The molecule has 1 aliphatic rings. The number of alkyl halides is 3. The van der Waals surface area contributed by atoms with E-state index in [4.69, 9.17) is 16.0 Å². The standard InChI is InChI=1S/C23H20ClF3N2O3S/c24-19-6-1-2-7-21(19)33(31)15-18-8-9-20(32-18)22(30)29-12-10-28(11-13-29)17-5-3-4-16(14-17)23(25,26)27/h1-9,14H,10-13,15H2/t33-/m1/s1. The zero-order valence-corrected chi connectivity index (χ0v) is 18.9. The number of rotatable bonds is 5. The van der Waals surface area contributed by atoms with Crippen molar-refractivity contribution >= 4 is 34.0 Å². The average Bonchev–Trinajstić information content (AvgIpc) is 3.27. The Morgan fingerprint density at radius 1 is 1.00 bits per heavy atom. The fraction of sp³-hybridized carbons (Fsp3) is 0.261. The third-order valence-electron chi connectivity index (χ3n) is 5.33. The Balaban J connectivity index is 1.36. The summed E-state index contributed by atoms with van der Waals surface area (Å²) < 4.78 is 57.1. The molecular weight excluding hydrogens is 477 g/mol. The minimum Gasteiger partial charge on any atom is -0.455 e. The van der Waals surface area contributed by atoms with Crippen LogP contribution >= 0.6 is 11.6 Å². The SMILES string of the molecule is O=C(c1ccc(C[S@@](=O)c2ccccc2Cl)o1)N1CCN(c2cccc(C(F)(F)F)c2)CC1. The molecular formula is C23H20ClF3N2O3S. The van der Waals surface area contributed by atoms with Crippen molar-refractivity contribution in [2.75, 3.05) is 31.1 Å². The second-order valence-corrected chi connectivity index (χ2v) is 9.34. The molecule has 33 heavy (non-hydrogen) atoms. The Morgan fingerprint density at radius 2 is 1.73 bits per heavy atom. The summed E-state index contributed by atoms with van der Waals surface area (Å²) in [6.45, 7) is 1.49. The Hall–Kier alpha value is -2.78. The quantitative estimate of drug-likeness (QED) is 0.486. The highest BCUT2D eigenvalue weighted by Crippen LogP contribution is 2.32. The van der Waals surface area contributed by atoms with Crippen LogP contribution in [0.3, 0.4) is 0 Å². The Kier molecular flexibility index (Phi) is 6.81. The first-order valence-corrected chi connectivity index (χ1v) is 11.8. The molecule has 1 atom stereocenters. The third kappa shape index (κ3) is 5.42. The maximum atomic E-state index is 13.0. The molecule has 4 rings (SSSR count). The number of anilines is 1. The summed E-state index contributed by atoms with van der Waals surface area (Å²) in [5.74, 6) is 0.307. The number of carbonyl (C=O) groups excluding carboxylic acids is 1. The predicted octanol–water partition coefficient (Wildman–Crippen LogP) is 5.22. The summed E-state index contributed by atoms with van der Waals surface area (Å²) >= 11 is 6.09. The highest BCUT2D eigenvalue weighted by molar-refractivity contribution is 7.84. The molecule has 0 bridgehead atoms. The summed E-state index contributed by atoms with van der Waals surface area (Å²) in [7, 11) is -1.42. The topological polar surface area (TPSA) is 53.8 Å². The maximum Gasteiger partial charge on any atom is 0.416 e. The van der Waals surface area contributed by atoms with E-state index in [0.717, 1.165) is 12.1 Å². The van der Waals surface area contributed by atoms with Crippen LogP contribution in [0.4, 0.5) is 18.9 Å². The molecule has 1 fully saturated rings. The lowest BCUT2D eigenvalue weighted by molar-refractivity contribution is -0.137. The first-order chi connectivity index (χ1) is 15.7. The van der Waals surface area contributed by atoms with Gasteiger partial charge in [0.05, 0.1) is 32.0 Å². The lowest BCUT2D eigenvalue weighted by atomic mass is 10.1. The van der Waals surface area contributed by atoms with Crippen LogP contribution in [-0.4, -0.2) is 41.2 Å². The maximum absolute atomic E-state index is 13.0. The van der Waals surface area contributed by atoms with Crippen molar-refractivity contribution in [3.05, 3.63) is 82.8 Å². The molecule has 1 aromatic heterocycles. The molecule has 5 nitrogen and oxygen atoms in total. The van der Waals surface area contributed by atoms with Crippen LogP contribution < -0.4 is 4.90 Å². The van der Waals surface area contributed by atoms with Crippen LogP contribution in [0.5, 0.6) is 0 Å². The molecule has 0 spiro atoms. The van der Waals surface area contributed by atoms with E-state index in [9.17, 15) is 22.2 Å². The van der Waals surface area contributed by atoms with E-state index in [1.54, 1.807) is 47.4 Å². The molecule has 0 N–H and O–H groups in total. The highest BCUT2D eigenvalue weighted by atomic mass is 35.5. The zero-order chi connectivity index (χ0) is 23.6. The summed E-state index contributed by atoms with van der Waals surface area (Å²) in [4.78, 5) is 16.7. The number of nitrogens with zero attached hydrogens (tertiary/aromatic N) is 2. The molecule has 174 valence electrons. The predicted molar refractivity (Wildman–Crippen MR) is 120 cm³/mol. The van der Waals surface area contributed by atoms with Gasteiger partial charge < -0.3 is 14.2 Å². The summed E-state index contributed by atoms with van der Waals surface area (Å²) in [5.41, 5.74) is -0.227. The van der Waals surface area contributed by atoms with Gasteiger partial charge in [-0.1, -0.05) is 29.8 Å². The number of benzene rings is 2. The van der Waals surface area contributed by atoms with Gasteiger partial charge in [0.15, 0.2) is 5.76 Å². The molecule has 10 heteroatoms. The van der Waals surface area contributed by atoms with Crippen LogP contribution in [-0.2, 0) is 22.7 Å². The van der Waals surface area contributed by atoms with Gasteiger partial charge in [0.2, 0.25) is 0 Å². The normalized spacial score (nSPS) is 15.5. The van der Waals surface area contributed by atoms with Crippen molar-refractivity contribution in [3.8, 4) is 0 Å². The van der Waals surface area contributed by atoms with E-state index < -0.39 is 22.5 Å². The van der Waals surface area contributed by atoms with Crippen LogP contribution in [0.15, 0.2) is 70.0 Å². The van der Waals surface area contributed by atoms with E-state index in [2.05, 4.69) is 0 Å². The number of piperazine rings is 1. The fourth-order valence-electron chi connectivity index (χ4n) is 3.61.